The number of carbonyl (C=O) groups excluding carboxylic acids is 3. The van der Waals surface area contributed by atoms with E-state index in [-0.39, 0.29) is 22.7 Å². The lowest BCUT2D eigenvalue weighted by atomic mass is 10.2. The van der Waals surface area contributed by atoms with Crippen LogP contribution < -0.4 is 20.2 Å². The molecule has 0 aliphatic rings. The van der Waals surface area contributed by atoms with Crippen LogP contribution in [0.1, 0.15) is 15.9 Å². The Morgan fingerprint density at radius 2 is 1.81 bits per heavy atom. The van der Waals surface area contributed by atoms with Crippen LogP contribution in [0.3, 0.4) is 0 Å². The van der Waals surface area contributed by atoms with Gasteiger partial charge in [0.25, 0.3) is 5.69 Å². The summed E-state index contributed by atoms with van der Waals surface area (Å²) in [5, 5.41) is 16.9. The summed E-state index contributed by atoms with van der Waals surface area (Å²) in [5.74, 6) is -3.89. The summed E-state index contributed by atoms with van der Waals surface area (Å²) < 4.78 is 24.7. The Morgan fingerprint density at radius 1 is 1.06 bits per heavy atom. The summed E-state index contributed by atoms with van der Waals surface area (Å²) in [6, 6.07) is 13.4. The topological polar surface area (TPSA) is 149 Å². The lowest BCUT2D eigenvalue weighted by Crippen LogP contribution is -2.32. The van der Waals surface area contributed by atoms with Crippen molar-refractivity contribution in [2.45, 2.75) is 0 Å². The molecular formula is C23H16BrFN4O7. The lowest BCUT2D eigenvalue weighted by Gasteiger charge is -2.10. The highest BCUT2D eigenvalue weighted by atomic mass is 79.9. The molecule has 0 atom stereocenters. The highest BCUT2D eigenvalue weighted by Gasteiger charge is 2.22. The van der Waals surface area contributed by atoms with Gasteiger partial charge >= 0.3 is 17.8 Å². The maximum atomic E-state index is 13.8. The number of hydrogen-bond acceptors (Lipinski definition) is 8. The van der Waals surface area contributed by atoms with Gasteiger partial charge in [-0.25, -0.2) is 14.6 Å². The summed E-state index contributed by atoms with van der Waals surface area (Å²) in [6.45, 7) is 0. The summed E-state index contributed by atoms with van der Waals surface area (Å²) in [6.07, 6.45) is 1.18. The molecule has 184 valence electrons. The van der Waals surface area contributed by atoms with Gasteiger partial charge < -0.3 is 14.8 Å². The predicted molar refractivity (Wildman–Crippen MR) is 130 cm³/mol. The molecule has 13 heteroatoms. The highest BCUT2D eigenvalue weighted by Crippen LogP contribution is 2.29. The quantitative estimate of drug-likeness (QED) is 0.112. The predicted octanol–water partition coefficient (Wildman–Crippen LogP) is 3.81. The first-order valence-electron chi connectivity index (χ1n) is 9.92. The van der Waals surface area contributed by atoms with Crippen molar-refractivity contribution >= 4 is 51.3 Å². The summed E-state index contributed by atoms with van der Waals surface area (Å²) >= 11 is 3.08. The molecule has 11 nitrogen and oxygen atoms in total. The number of rotatable bonds is 7. The smallest absolute Gasteiger partial charge is 0.350 e. The number of halogens is 2. The zero-order valence-corrected chi connectivity index (χ0v) is 19.9. The van der Waals surface area contributed by atoms with Crippen LogP contribution in [0.2, 0.25) is 0 Å². The van der Waals surface area contributed by atoms with Crippen molar-refractivity contribution in [2.24, 2.45) is 5.10 Å². The van der Waals surface area contributed by atoms with Gasteiger partial charge in [0.1, 0.15) is 11.4 Å². The Labute approximate surface area is 211 Å². The number of hydrazone groups is 1. The van der Waals surface area contributed by atoms with E-state index in [0.29, 0.717) is 10.0 Å². The van der Waals surface area contributed by atoms with E-state index < -0.39 is 34.2 Å². The normalized spacial score (nSPS) is 10.5. The molecule has 0 aromatic heterocycles. The number of nitrogens with zero attached hydrogens (tertiary/aromatic N) is 2. The van der Waals surface area contributed by atoms with Gasteiger partial charge in [-0.2, -0.15) is 5.10 Å². The minimum Gasteiger partial charge on any atom is -0.493 e. The van der Waals surface area contributed by atoms with E-state index in [2.05, 4.69) is 26.3 Å². The third-order valence-corrected chi connectivity index (χ3v) is 4.97. The third-order valence-electron chi connectivity index (χ3n) is 4.48. The zero-order valence-electron chi connectivity index (χ0n) is 18.4. The van der Waals surface area contributed by atoms with Gasteiger partial charge in [-0.05, 0) is 48.0 Å². The molecule has 0 unspecified atom stereocenters. The number of anilines is 1. The van der Waals surface area contributed by atoms with Crippen LogP contribution in [0.5, 0.6) is 11.5 Å². The number of hydrogen-bond donors (Lipinski definition) is 2. The zero-order chi connectivity index (χ0) is 26.2. The van der Waals surface area contributed by atoms with Gasteiger partial charge in [-0.1, -0.05) is 28.1 Å². The molecule has 36 heavy (non-hydrogen) atoms. The number of benzene rings is 3. The molecule has 0 saturated heterocycles. The summed E-state index contributed by atoms with van der Waals surface area (Å²) in [5.41, 5.74) is 1.56. The minimum atomic E-state index is -1.14. The number of ether oxygens (including phenoxy) is 2. The average Bonchev–Trinajstić information content (AvgIpc) is 2.86. The van der Waals surface area contributed by atoms with Gasteiger partial charge in [-0.15, -0.1) is 0 Å². The van der Waals surface area contributed by atoms with E-state index in [9.17, 15) is 28.9 Å². The molecule has 0 aliphatic carbocycles. The number of esters is 1. The molecule has 0 saturated carbocycles. The van der Waals surface area contributed by atoms with Crippen molar-refractivity contribution in [3.63, 3.8) is 0 Å². The molecule has 0 aliphatic heterocycles. The fourth-order valence-corrected chi connectivity index (χ4v) is 3.13. The standard InChI is InChI=1S/C23H16BrFN4O7/c1-35-20-10-13(6-9-19(20)36-23(32)15-4-2-3-5-18(15)29(33)34)12-26-28-22(31)21(30)27-17-8-7-14(24)11-16(17)25/h2-12H,1H3,(H,27,30)(H,28,31)/b26-12+. The fourth-order valence-electron chi connectivity index (χ4n) is 2.80. The van der Waals surface area contributed by atoms with Gasteiger partial charge in [0, 0.05) is 10.5 Å². The van der Waals surface area contributed by atoms with Crippen molar-refractivity contribution in [3.05, 3.63) is 92.2 Å². The number of nitro benzene ring substituents is 1. The van der Waals surface area contributed by atoms with Crippen molar-refractivity contribution < 1.29 is 33.2 Å². The second kappa shape index (κ2) is 11.7. The lowest BCUT2D eigenvalue weighted by molar-refractivity contribution is -0.385. The SMILES string of the molecule is COc1cc(/C=N/NC(=O)C(=O)Nc2ccc(Br)cc2F)ccc1OC(=O)c1ccccc1[N+](=O)[O-]. The molecule has 0 bridgehead atoms. The molecule has 3 rings (SSSR count). The molecule has 3 aromatic carbocycles. The van der Waals surface area contributed by atoms with Crippen molar-refractivity contribution in [3.8, 4) is 11.5 Å². The van der Waals surface area contributed by atoms with Crippen molar-refractivity contribution in [1.82, 2.24) is 5.43 Å². The average molecular weight is 559 g/mol. The molecular weight excluding hydrogens is 543 g/mol. The largest absolute Gasteiger partial charge is 0.493 e. The van der Waals surface area contributed by atoms with Gasteiger partial charge in [0.15, 0.2) is 11.5 Å². The molecule has 0 radical (unpaired) electrons. The maximum Gasteiger partial charge on any atom is 0.350 e. The summed E-state index contributed by atoms with van der Waals surface area (Å²) in [4.78, 5) is 46.8. The highest BCUT2D eigenvalue weighted by molar-refractivity contribution is 9.10. The van der Waals surface area contributed by atoms with Crippen LogP contribution in [0.4, 0.5) is 15.8 Å². The summed E-state index contributed by atoms with van der Waals surface area (Å²) in [7, 11) is 1.31. The third kappa shape index (κ3) is 6.48. The number of amides is 2. The van der Waals surface area contributed by atoms with E-state index in [1.807, 2.05) is 5.43 Å². The van der Waals surface area contributed by atoms with Gasteiger partial charge in [0.05, 0.1) is 23.9 Å². The molecule has 0 fully saturated rings. The Kier molecular flexibility index (Phi) is 8.41. The van der Waals surface area contributed by atoms with E-state index in [4.69, 9.17) is 9.47 Å². The first-order valence-corrected chi connectivity index (χ1v) is 10.7. The molecule has 0 spiro atoms. The Hall–Kier alpha value is -4.65. The van der Waals surface area contributed by atoms with Crippen LogP contribution in [0.15, 0.2) is 70.2 Å². The molecule has 0 heterocycles. The number of para-hydroxylation sites is 1. The minimum absolute atomic E-state index is 0.0160. The number of nitro groups is 1. The van der Waals surface area contributed by atoms with E-state index >= 15 is 0 Å². The number of carbonyl (C=O) groups is 3. The first-order chi connectivity index (χ1) is 17.2. The van der Waals surface area contributed by atoms with Crippen LogP contribution >= 0.6 is 15.9 Å². The Morgan fingerprint density at radius 3 is 2.50 bits per heavy atom. The van der Waals surface area contributed by atoms with Crippen LogP contribution in [-0.2, 0) is 9.59 Å². The second-order valence-electron chi connectivity index (χ2n) is 6.85. The Bertz CT molecular complexity index is 1380. The monoisotopic (exact) mass is 558 g/mol. The van der Waals surface area contributed by atoms with Crippen LogP contribution in [-0.4, -0.2) is 36.0 Å². The van der Waals surface area contributed by atoms with E-state index in [1.54, 1.807) is 0 Å². The number of nitrogens with one attached hydrogen (secondary N) is 2. The number of methoxy groups -OCH3 is 1. The van der Waals surface area contributed by atoms with Crippen molar-refractivity contribution in [2.75, 3.05) is 12.4 Å². The van der Waals surface area contributed by atoms with Crippen LogP contribution in [0.25, 0.3) is 0 Å². The van der Waals surface area contributed by atoms with Crippen molar-refractivity contribution in [1.29, 1.82) is 0 Å². The van der Waals surface area contributed by atoms with Gasteiger partial charge in [0.2, 0.25) is 0 Å². The second-order valence-corrected chi connectivity index (χ2v) is 7.77. The van der Waals surface area contributed by atoms with E-state index in [0.717, 1.165) is 6.07 Å². The van der Waals surface area contributed by atoms with Gasteiger partial charge in [-0.3, -0.25) is 19.7 Å². The fraction of sp³-hybridized carbons (Fsp3) is 0.0435. The molecule has 2 amide bonds. The Balaban J connectivity index is 1.65. The molecule has 2 N–H and O–H groups in total. The molecule has 3 aromatic rings. The maximum absolute atomic E-state index is 13.8. The first kappa shape index (κ1) is 26.0. The van der Waals surface area contributed by atoms with Crippen LogP contribution in [0, 0.1) is 15.9 Å². The van der Waals surface area contributed by atoms with E-state index in [1.165, 1.54) is 67.9 Å².